The first-order valence-electron chi connectivity index (χ1n) is 13.7. The zero-order valence-corrected chi connectivity index (χ0v) is 22.1. The van der Waals surface area contributed by atoms with Crippen molar-refractivity contribution >= 4 is 10.8 Å². The highest BCUT2D eigenvalue weighted by molar-refractivity contribution is 5.86. The highest BCUT2D eigenvalue weighted by atomic mass is 19.1. The van der Waals surface area contributed by atoms with Crippen LogP contribution in [0.3, 0.4) is 0 Å². The van der Waals surface area contributed by atoms with Gasteiger partial charge < -0.3 is 9.15 Å². The summed E-state index contributed by atoms with van der Waals surface area (Å²) < 4.78 is 41.0. The van der Waals surface area contributed by atoms with Gasteiger partial charge in [0.05, 0.1) is 0 Å². The molecular formula is C33H34F2O3. The van der Waals surface area contributed by atoms with Gasteiger partial charge in [0.15, 0.2) is 11.6 Å². The maximum atomic E-state index is 15.3. The Morgan fingerprint density at radius 3 is 2.42 bits per heavy atom. The number of rotatable bonds is 8. The van der Waals surface area contributed by atoms with Crippen LogP contribution in [0, 0.1) is 17.6 Å². The van der Waals surface area contributed by atoms with Crippen LogP contribution >= 0.6 is 0 Å². The van der Waals surface area contributed by atoms with Gasteiger partial charge in [0.2, 0.25) is 0 Å². The molecule has 4 aromatic rings. The van der Waals surface area contributed by atoms with Gasteiger partial charge in [-0.3, -0.25) is 0 Å². The largest absolute Gasteiger partial charge is 0.486 e. The highest BCUT2D eigenvalue weighted by Crippen LogP contribution is 2.35. The lowest BCUT2D eigenvalue weighted by molar-refractivity contribution is 0.291. The first-order chi connectivity index (χ1) is 18.4. The van der Waals surface area contributed by atoms with Gasteiger partial charge in [-0.05, 0) is 77.8 Å². The Kier molecular flexibility index (Phi) is 7.92. The van der Waals surface area contributed by atoms with Crippen LogP contribution in [-0.4, -0.2) is 0 Å². The van der Waals surface area contributed by atoms with Crippen molar-refractivity contribution in [3.05, 3.63) is 99.4 Å². The molecule has 0 saturated heterocycles. The van der Waals surface area contributed by atoms with E-state index in [9.17, 15) is 9.18 Å². The first kappa shape index (κ1) is 26.1. The van der Waals surface area contributed by atoms with Gasteiger partial charge in [0, 0.05) is 5.56 Å². The lowest BCUT2D eigenvalue weighted by Crippen LogP contribution is -2.10. The third kappa shape index (κ3) is 5.67. The van der Waals surface area contributed by atoms with E-state index in [0.29, 0.717) is 28.9 Å². The van der Waals surface area contributed by atoms with Crippen molar-refractivity contribution < 1.29 is 17.9 Å². The fraction of sp³-hybridized carbons (Fsp3) is 0.364. The van der Waals surface area contributed by atoms with Crippen molar-refractivity contribution in [2.75, 3.05) is 0 Å². The maximum absolute atomic E-state index is 15.3. The van der Waals surface area contributed by atoms with Crippen molar-refractivity contribution in [3.8, 4) is 17.1 Å². The molecule has 1 aliphatic carbocycles. The number of benzene rings is 3. The van der Waals surface area contributed by atoms with E-state index < -0.39 is 11.4 Å². The summed E-state index contributed by atoms with van der Waals surface area (Å²) in [6, 6.07) is 17.9. The first-order valence-corrected chi connectivity index (χ1v) is 13.7. The Bertz CT molecular complexity index is 1460. The second-order valence-corrected chi connectivity index (χ2v) is 10.6. The number of halogens is 2. The normalized spacial score (nSPS) is 17.6. The van der Waals surface area contributed by atoms with Crippen LogP contribution in [0.15, 0.2) is 69.9 Å². The molecule has 5 rings (SSSR count). The fourth-order valence-corrected chi connectivity index (χ4v) is 5.39. The highest BCUT2D eigenvalue weighted by Gasteiger charge is 2.20. The monoisotopic (exact) mass is 516 g/mol. The van der Waals surface area contributed by atoms with Crippen LogP contribution < -0.4 is 10.4 Å². The van der Waals surface area contributed by atoms with Gasteiger partial charge in [-0.1, -0.05) is 75.6 Å². The van der Waals surface area contributed by atoms with Crippen LogP contribution in [-0.2, 0) is 13.0 Å². The van der Waals surface area contributed by atoms with E-state index in [-0.39, 0.29) is 29.3 Å². The number of aryl methyl sites for hydroxylation is 1. The summed E-state index contributed by atoms with van der Waals surface area (Å²) in [5.74, 6) is 0.526. The van der Waals surface area contributed by atoms with Crippen molar-refractivity contribution in [3.63, 3.8) is 0 Å². The average molecular weight is 517 g/mol. The van der Waals surface area contributed by atoms with E-state index in [1.165, 1.54) is 43.4 Å². The lowest BCUT2D eigenvalue weighted by atomic mass is 9.79. The molecule has 0 amide bonds. The molecule has 0 N–H and O–H groups in total. The minimum Gasteiger partial charge on any atom is -0.486 e. The van der Waals surface area contributed by atoms with E-state index in [1.54, 1.807) is 24.3 Å². The summed E-state index contributed by atoms with van der Waals surface area (Å²) >= 11 is 0. The quantitative estimate of drug-likeness (QED) is 0.235. The summed E-state index contributed by atoms with van der Waals surface area (Å²) in [7, 11) is 0. The minimum atomic E-state index is -0.818. The molecular weight excluding hydrogens is 482 g/mol. The maximum Gasteiger partial charge on any atom is 0.347 e. The minimum absolute atomic E-state index is 0.00536. The van der Waals surface area contributed by atoms with Crippen molar-refractivity contribution in [2.24, 2.45) is 5.92 Å². The third-order valence-corrected chi connectivity index (χ3v) is 7.83. The van der Waals surface area contributed by atoms with Gasteiger partial charge in [-0.25, -0.2) is 13.6 Å². The van der Waals surface area contributed by atoms with Crippen LogP contribution in [0.1, 0.15) is 75.0 Å². The molecule has 3 nitrogen and oxygen atoms in total. The van der Waals surface area contributed by atoms with Crippen molar-refractivity contribution in [2.45, 2.75) is 71.3 Å². The molecule has 1 saturated carbocycles. The molecule has 0 radical (unpaired) electrons. The molecule has 3 aromatic carbocycles. The Hall–Kier alpha value is -3.47. The van der Waals surface area contributed by atoms with Gasteiger partial charge >= 0.3 is 5.63 Å². The second kappa shape index (κ2) is 11.5. The van der Waals surface area contributed by atoms with Gasteiger partial charge in [-0.2, -0.15) is 0 Å². The summed E-state index contributed by atoms with van der Waals surface area (Å²) in [4.78, 5) is 12.8. The average Bonchev–Trinajstić information content (AvgIpc) is 2.92. The van der Waals surface area contributed by atoms with Crippen molar-refractivity contribution in [1.82, 2.24) is 0 Å². The smallest absolute Gasteiger partial charge is 0.347 e. The van der Waals surface area contributed by atoms with Crippen molar-refractivity contribution in [1.29, 1.82) is 0 Å². The predicted octanol–water partition coefficient (Wildman–Crippen LogP) is 8.95. The molecule has 0 aliphatic heterocycles. The summed E-state index contributed by atoms with van der Waals surface area (Å²) in [5, 5.41) is 0.205. The molecule has 0 atom stereocenters. The van der Waals surface area contributed by atoms with Crippen LogP contribution in [0.5, 0.6) is 5.75 Å². The summed E-state index contributed by atoms with van der Waals surface area (Å²) in [6.07, 6.45) is 7.52. The number of ether oxygens (including phenoxy) is 1. The standard InChI is InChI=1S/C33H34F2O3/c1-3-4-5-25-14-15-26(18-28(25)34)30-19-27-16-17-29(32(35)31(27)33(36)38-30)37-20-22-8-12-24(13-9-22)23-10-6-21(2)7-11-23/h8-9,12-19,21,23H,3-7,10-11,20H2,1-2H3. The van der Waals surface area contributed by atoms with Gasteiger partial charge in [0.25, 0.3) is 0 Å². The van der Waals surface area contributed by atoms with E-state index in [2.05, 4.69) is 26.0 Å². The van der Waals surface area contributed by atoms with Crippen LogP contribution in [0.25, 0.3) is 22.1 Å². The molecule has 1 aliphatic rings. The molecule has 38 heavy (non-hydrogen) atoms. The van der Waals surface area contributed by atoms with Gasteiger partial charge in [0.1, 0.15) is 23.6 Å². The Morgan fingerprint density at radius 2 is 1.71 bits per heavy atom. The topological polar surface area (TPSA) is 39.4 Å². The molecule has 1 fully saturated rings. The molecule has 0 unspecified atom stereocenters. The molecule has 0 bridgehead atoms. The van der Waals surface area contributed by atoms with E-state index in [4.69, 9.17) is 9.15 Å². The molecule has 198 valence electrons. The van der Waals surface area contributed by atoms with Crippen LogP contribution in [0.4, 0.5) is 8.78 Å². The number of unbranched alkanes of at least 4 members (excludes halogenated alkanes) is 1. The van der Waals surface area contributed by atoms with Crippen LogP contribution in [0.2, 0.25) is 0 Å². The van der Waals surface area contributed by atoms with E-state index in [0.717, 1.165) is 24.3 Å². The Morgan fingerprint density at radius 1 is 0.947 bits per heavy atom. The molecule has 1 heterocycles. The molecule has 1 aromatic heterocycles. The predicted molar refractivity (Wildman–Crippen MR) is 148 cm³/mol. The Balaban J connectivity index is 1.31. The van der Waals surface area contributed by atoms with E-state index in [1.807, 2.05) is 12.1 Å². The third-order valence-electron chi connectivity index (χ3n) is 7.83. The second-order valence-electron chi connectivity index (χ2n) is 10.6. The number of hydrogen-bond donors (Lipinski definition) is 0. The number of hydrogen-bond acceptors (Lipinski definition) is 3. The van der Waals surface area contributed by atoms with Gasteiger partial charge in [-0.15, -0.1) is 0 Å². The lowest BCUT2D eigenvalue weighted by Gasteiger charge is -2.26. The molecule has 5 heteroatoms. The number of fused-ring (bicyclic) bond motifs is 1. The zero-order valence-electron chi connectivity index (χ0n) is 22.1. The zero-order chi connectivity index (χ0) is 26.6. The fourth-order valence-electron chi connectivity index (χ4n) is 5.39. The SMILES string of the molecule is CCCCc1ccc(-c2cc3ccc(OCc4ccc(C5CCC(C)CC5)cc4)c(F)c3c(=O)o2)cc1F. The van der Waals surface area contributed by atoms with E-state index >= 15 is 4.39 Å². The summed E-state index contributed by atoms with van der Waals surface area (Å²) in [6.45, 7) is 4.57. The Labute approximate surface area is 222 Å². The summed E-state index contributed by atoms with van der Waals surface area (Å²) in [5.41, 5.74) is 2.53. The molecule has 0 spiro atoms.